The monoisotopic (exact) mass is 325 g/mol. The number of hydrogen-bond donors (Lipinski definition) is 1. The van der Waals surface area contributed by atoms with Gasteiger partial charge in [0.05, 0.1) is 6.33 Å². The third kappa shape index (κ3) is 3.93. The van der Waals surface area contributed by atoms with E-state index in [1.54, 1.807) is 6.20 Å². The molecule has 0 radical (unpaired) electrons. The molecule has 1 N–H and O–H groups in total. The number of unbranched alkanes of at least 4 members (excludes halogenated alkanes) is 1. The Balaban J connectivity index is 1.95. The van der Waals surface area contributed by atoms with Crippen LogP contribution in [0.2, 0.25) is 0 Å². The Hall–Kier alpha value is -1.94. The molecule has 0 saturated carbocycles. The summed E-state index contributed by atoms with van der Waals surface area (Å²) in [5.74, 6) is 0.699. The number of benzene rings is 1. The number of ketones is 1. The first-order valence-corrected chi connectivity index (χ1v) is 9.15. The minimum absolute atomic E-state index is 0.285. The van der Waals surface area contributed by atoms with E-state index in [1.165, 1.54) is 18.4 Å². The molecular formula is C20H27N3O. The average Bonchev–Trinajstić information content (AvgIpc) is 3.02. The standard InChI is InChI=1S/C20H27N3O/c1-2-3-7-20(24)18-9-8-17(23-12-11-22-15-23)13-19(18)16-6-4-5-10-21-14-16/h8-9,11-13,15-16,21H,2-7,10,14H2,1H3. The maximum absolute atomic E-state index is 12.7. The number of carbonyl (C=O) groups excluding carboxylic acids is 1. The molecule has 2 aromatic rings. The second-order valence-electron chi connectivity index (χ2n) is 6.67. The molecule has 1 aromatic carbocycles. The Bertz CT molecular complexity index is 656. The van der Waals surface area contributed by atoms with E-state index in [2.05, 4.69) is 23.3 Å². The quantitative estimate of drug-likeness (QED) is 0.813. The zero-order valence-electron chi connectivity index (χ0n) is 14.5. The van der Waals surface area contributed by atoms with Gasteiger partial charge in [0.2, 0.25) is 0 Å². The first-order valence-electron chi connectivity index (χ1n) is 9.15. The lowest BCUT2D eigenvalue weighted by atomic mass is 9.87. The van der Waals surface area contributed by atoms with Gasteiger partial charge in [-0.25, -0.2) is 4.98 Å². The van der Waals surface area contributed by atoms with Crippen LogP contribution in [-0.2, 0) is 0 Å². The molecule has 1 aliphatic rings. The van der Waals surface area contributed by atoms with Crippen molar-refractivity contribution in [2.75, 3.05) is 13.1 Å². The number of rotatable bonds is 6. The van der Waals surface area contributed by atoms with Crippen LogP contribution in [-0.4, -0.2) is 28.4 Å². The Kier molecular flexibility index (Phi) is 5.81. The summed E-state index contributed by atoms with van der Waals surface area (Å²) in [5, 5.41) is 3.53. The molecule has 0 aliphatic carbocycles. The minimum atomic E-state index is 0.285. The van der Waals surface area contributed by atoms with Crippen molar-refractivity contribution in [1.82, 2.24) is 14.9 Å². The van der Waals surface area contributed by atoms with Gasteiger partial charge in [0.15, 0.2) is 5.78 Å². The molecule has 0 amide bonds. The van der Waals surface area contributed by atoms with Gasteiger partial charge < -0.3 is 9.88 Å². The van der Waals surface area contributed by atoms with Gasteiger partial charge in [-0.05, 0) is 55.5 Å². The van der Waals surface area contributed by atoms with Crippen molar-refractivity contribution < 1.29 is 4.79 Å². The third-order valence-corrected chi connectivity index (χ3v) is 4.88. The lowest BCUT2D eigenvalue weighted by Gasteiger charge is -2.20. The number of nitrogens with zero attached hydrogens (tertiary/aromatic N) is 2. The molecule has 0 bridgehead atoms. The molecule has 1 fully saturated rings. The van der Waals surface area contributed by atoms with Crippen molar-refractivity contribution >= 4 is 5.78 Å². The lowest BCUT2D eigenvalue weighted by Crippen LogP contribution is -2.21. The van der Waals surface area contributed by atoms with Crippen molar-refractivity contribution in [3.8, 4) is 5.69 Å². The number of carbonyl (C=O) groups is 1. The largest absolute Gasteiger partial charge is 0.316 e. The summed E-state index contributed by atoms with van der Waals surface area (Å²) in [7, 11) is 0. The van der Waals surface area contributed by atoms with Crippen molar-refractivity contribution in [1.29, 1.82) is 0 Å². The van der Waals surface area contributed by atoms with Crippen molar-refractivity contribution in [2.45, 2.75) is 51.4 Å². The molecule has 4 nitrogen and oxygen atoms in total. The van der Waals surface area contributed by atoms with Crippen molar-refractivity contribution in [2.24, 2.45) is 0 Å². The molecule has 2 heterocycles. The topological polar surface area (TPSA) is 46.9 Å². The van der Waals surface area contributed by atoms with Gasteiger partial charge in [-0.1, -0.05) is 19.8 Å². The summed E-state index contributed by atoms with van der Waals surface area (Å²) >= 11 is 0. The van der Waals surface area contributed by atoms with E-state index in [-0.39, 0.29) is 5.78 Å². The maximum Gasteiger partial charge on any atom is 0.163 e. The van der Waals surface area contributed by atoms with Crippen LogP contribution in [0.4, 0.5) is 0 Å². The van der Waals surface area contributed by atoms with E-state index in [1.807, 2.05) is 29.2 Å². The fourth-order valence-electron chi connectivity index (χ4n) is 3.47. The van der Waals surface area contributed by atoms with Crippen molar-refractivity contribution in [3.05, 3.63) is 48.0 Å². The van der Waals surface area contributed by atoms with Crippen LogP contribution in [0.15, 0.2) is 36.9 Å². The summed E-state index contributed by atoms with van der Waals surface area (Å²) in [5.41, 5.74) is 3.21. The van der Waals surface area contributed by atoms with Gasteiger partial charge in [0.1, 0.15) is 0 Å². The number of Topliss-reactive ketones (excluding diaryl/α,β-unsaturated/α-hetero) is 1. The third-order valence-electron chi connectivity index (χ3n) is 4.88. The highest BCUT2D eigenvalue weighted by molar-refractivity contribution is 5.98. The summed E-state index contributed by atoms with van der Waals surface area (Å²) in [6, 6.07) is 6.25. The number of imidazole rings is 1. The number of aromatic nitrogens is 2. The van der Waals surface area contributed by atoms with E-state index < -0.39 is 0 Å². The van der Waals surface area contributed by atoms with Gasteiger partial charge in [0, 0.05) is 36.6 Å². The SMILES string of the molecule is CCCCC(=O)c1ccc(-n2ccnc2)cc1C1CCCCNC1. The van der Waals surface area contributed by atoms with Gasteiger partial charge in [-0.3, -0.25) is 4.79 Å². The van der Waals surface area contributed by atoms with Gasteiger partial charge in [-0.2, -0.15) is 0 Å². The van der Waals surface area contributed by atoms with Crippen LogP contribution < -0.4 is 5.32 Å². The van der Waals surface area contributed by atoms with E-state index in [4.69, 9.17) is 0 Å². The normalized spacial score (nSPS) is 18.3. The Labute approximate surface area is 144 Å². The van der Waals surface area contributed by atoms with Crippen LogP contribution in [0, 0.1) is 0 Å². The van der Waals surface area contributed by atoms with Crippen LogP contribution in [0.25, 0.3) is 5.69 Å². The van der Waals surface area contributed by atoms with E-state index in [0.29, 0.717) is 12.3 Å². The van der Waals surface area contributed by atoms with E-state index in [0.717, 1.165) is 43.6 Å². The minimum Gasteiger partial charge on any atom is -0.316 e. The molecule has 1 saturated heterocycles. The van der Waals surface area contributed by atoms with Crippen LogP contribution in [0.1, 0.15) is 67.3 Å². The molecule has 24 heavy (non-hydrogen) atoms. The molecule has 1 aromatic heterocycles. The molecule has 1 aliphatic heterocycles. The summed E-state index contributed by atoms with van der Waals surface area (Å²) in [4.78, 5) is 16.8. The van der Waals surface area contributed by atoms with Gasteiger partial charge >= 0.3 is 0 Å². The summed E-state index contributed by atoms with van der Waals surface area (Å²) in [6.07, 6.45) is 11.8. The number of hydrogen-bond acceptors (Lipinski definition) is 3. The fraction of sp³-hybridized carbons (Fsp3) is 0.500. The van der Waals surface area contributed by atoms with Crippen molar-refractivity contribution in [3.63, 3.8) is 0 Å². The molecule has 4 heteroatoms. The Morgan fingerprint density at radius 2 is 2.29 bits per heavy atom. The highest BCUT2D eigenvalue weighted by atomic mass is 16.1. The lowest BCUT2D eigenvalue weighted by molar-refractivity contribution is 0.0978. The van der Waals surface area contributed by atoms with Crippen LogP contribution in [0.3, 0.4) is 0 Å². The van der Waals surface area contributed by atoms with Crippen LogP contribution in [0.5, 0.6) is 0 Å². The summed E-state index contributed by atoms with van der Waals surface area (Å²) < 4.78 is 2.01. The summed E-state index contributed by atoms with van der Waals surface area (Å²) in [6.45, 7) is 4.17. The van der Waals surface area contributed by atoms with Gasteiger partial charge in [0.25, 0.3) is 0 Å². The highest BCUT2D eigenvalue weighted by Crippen LogP contribution is 2.29. The van der Waals surface area contributed by atoms with Crippen LogP contribution >= 0.6 is 0 Å². The predicted molar refractivity (Wildman–Crippen MR) is 96.9 cm³/mol. The Morgan fingerprint density at radius 3 is 3.08 bits per heavy atom. The molecule has 0 spiro atoms. The molecule has 3 rings (SSSR count). The first-order chi connectivity index (χ1) is 11.8. The highest BCUT2D eigenvalue weighted by Gasteiger charge is 2.21. The molecule has 1 unspecified atom stereocenters. The smallest absolute Gasteiger partial charge is 0.163 e. The zero-order valence-corrected chi connectivity index (χ0v) is 14.5. The predicted octanol–water partition coefficient (Wildman–Crippen LogP) is 4.10. The fourth-order valence-corrected chi connectivity index (χ4v) is 3.47. The van der Waals surface area contributed by atoms with E-state index >= 15 is 0 Å². The van der Waals surface area contributed by atoms with Gasteiger partial charge in [-0.15, -0.1) is 0 Å². The average molecular weight is 325 g/mol. The second kappa shape index (κ2) is 8.25. The second-order valence-corrected chi connectivity index (χ2v) is 6.67. The maximum atomic E-state index is 12.7. The molecule has 128 valence electrons. The molecule has 1 atom stereocenters. The number of nitrogens with one attached hydrogen (secondary N) is 1. The zero-order chi connectivity index (χ0) is 16.8. The molecular weight excluding hydrogens is 298 g/mol. The Morgan fingerprint density at radius 1 is 1.38 bits per heavy atom. The first kappa shape index (κ1) is 16.9. The van der Waals surface area contributed by atoms with E-state index in [9.17, 15) is 4.79 Å².